The molecule has 0 aliphatic carbocycles. The Balaban J connectivity index is 3.19. The molecule has 1 aliphatic rings. The predicted octanol–water partition coefficient (Wildman–Crippen LogP) is 2.13. The Morgan fingerprint density at radius 1 is 1.13 bits per heavy atom. The fourth-order valence-corrected chi connectivity index (χ4v) is 3.82. The van der Waals surface area contributed by atoms with Gasteiger partial charge in [-0.25, -0.2) is 4.79 Å². The fourth-order valence-electron chi connectivity index (χ4n) is 3.82. The van der Waals surface area contributed by atoms with E-state index in [1.54, 1.807) is 53.4 Å². The molecule has 0 aromatic rings. The van der Waals surface area contributed by atoms with Crippen LogP contribution in [0.1, 0.15) is 68.2 Å². The highest BCUT2D eigenvalue weighted by molar-refractivity contribution is 6.07. The first-order valence-corrected chi connectivity index (χ1v) is 8.19. The Bertz CT molecular complexity index is 477. The molecular formula is C17H32N2O4. The molecule has 2 unspecified atom stereocenters. The van der Waals surface area contributed by atoms with Crippen LogP contribution in [0.25, 0.3) is 0 Å². The van der Waals surface area contributed by atoms with Gasteiger partial charge in [0.1, 0.15) is 5.54 Å². The predicted molar refractivity (Wildman–Crippen MR) is 88.9 cm³/mol. The van der Waals surface area contributed by atoms with Crippen molar-refractivity contribution in [1.82, 2.24) is 9.80 Å². The summed E-state index contributed by atoms with van der Waals surface area (Å²) in [6, 6.07) is -0.619. The lowest BCUT2D eigenvalue weighted by atomic mass is 9.87. The second-order valence-electron chi connectivity index (χ2n) is 8.59. The van der Waals surface area contributed by atoms with Gasteiger partial charge in [0.15, 0.2) is 0 Å². The van der Waals surface area contributed by atoms with Gasteiger partial charge in [0.05, 0.1) is 11.7 Å². The normalized spacial score (nSPS) is 21.8. The molecule has 3 amide bonds. The highest BCUT2D eigenvalue weighted by Gasteiger charge is 2.57. The second-order valence-corrected chi connectivity index (χ2v) is 8.59. The number of aliphatic hydroxyl groups excluding tert-OH is 1. The third-order valence-electron chi connectivity index (χ3n) is 4.32. The lowest BCUT2D eigenvalue weighted by molar-refractivity contribution is -0.136. The van der Waals surface area contributed by atoms with Crippen molar-refractivity contribution in [2.24, 2.45) is 0 Å². The van der Waals surface area contributed by atoms with Crippen molar-refractivity contribution in [2.75, 3.05) is 0 Å². The number of imide groups is 1. The Labute approximate surface area is 139 Å². The summed E-state index contributed by atoms with van der Waals surface area (Å²) in [6.45, 7) is 13.9. The Hall–Kier alpha value is -1.14. The van der Waals surface area contributed by atoms with Crippen LogP contribution < -0.4 is 0 Å². The average molecular weight is 328 g/mol. The lowest BCUT2D eigenvalue weighted by Crippen LogP contribution is -2.52. The van der Waals surface area contributed by atoms with E-state index in [2.05, 4.69) is 0 Å². The zero-order valence-corrected chi connectivity index (χ0v) is 15.7. The number of rotatable bonds is 6. The van der Waals surface area contributed by atoms with Crippen LogP contribution in [0.5, 0.6) is 0 Å². The quantitative estimate of drug-likeness (QED) is 0.732. The van der Waals surface area contributed by atoms with Crippen LogP contribution in [0.15, 0.2) is 0 Å². The molecule has 2 atom stereocenters. The number of hydrogen-bond acceptors (Lipinski definition) is 4. The van der Waals surface area contributed by atoms with Crippen molar-refractivity contribution in [2.45, 2.75) is 97.1 Å². The van der Waals surface area contributed by atoms with Crippen molar-refractivity contribution in [3.05, 3.63) is 0 Å². The monoisotopic (exact) mass is 328 g/mol. The zero-order chi connectivity index (χ0) is 18.4. The highest BCUT2D eigenvalue weighted by atomic mass is 16.3. The van der Waals surface area contributed by atoms with E-state index in [1.807, 2.05) is 6.92 Å². The van der Waals surface area contributed by atoms with Crippen LogP contribution in [-0.2, 0) is 4.79 Å². The molecule has 6 heteroatoms. The molecule has 23 heavy (non-hydrogen) atoms. The molecule has 0 saturated carbocycles. The smallest absolute Gasteiger partial charge is 0.328 e. The van der Waals surface area contributed by atoms with Crippen LogP contribution in [0, 0.1) is 0 Å². The number of carbonyl (C=O) groups excluding carboxylic acids is 2. The summed E-state index contributed by atoms with van der Waals surface area (Å²) >= 11 is 0. The molecule has 1 fully saturated rings. The number of carbonyl (C=O) groups is 2. The minimum absolute atomic E-state index is 0.260. The molecule has 0 bridgehead atoms. The standard InChI is InChI=1S/C17H32N2O4/c1-11(9-12(2)20)18-14(22)19(13(21)17(18,7)8)15(3,4)10-16(5,6)23/h11-12,20,23H,9-10H2,1-8H3. The summed E-state index contributed by atoms with van der Waals surface area (Å²) in [4.78, 5) is 28.7. The Morgan fingerprint density at radius 2 is 1.61 bits per heavy atom. The summed E-state index contributed by atoms with van der Waals surface area (Å²) in [5.41, 5.74) is -2.77. The van der Waals surface area contributed by atoms with E-state index in [4.69, 9.17) is 0 Å². The van der Waals surface area contributed by atoms with E-state index in [0.717, 1.165) is 0 Å². The molecule has 0 radical (unpaired) electrons. The number of nitrogens with zero attached hydrogens (tertiary/aromatic N) is 2. The van der Waals surface area contributed by atoms with E-state index in [1.165, 1.54) is 4.90 Å². The number of hydrogen-bond donors (Lipinski definition) is 2. The van der Waals surface area contributed by atoms with Crippen LogP contribution in [0.4, 0.5) is 4.79 Å². The molecule has 1 aliphatic heterocycles. The Morgan fingerprint density at radius 3 is 2.00 bits per heavy atom. The molecule has 0 aromatic heterocycles. The molecule has 1 heterocycles. The molecule has 0 spiro atoms. The van der Waals surface area contributed by atoms with Gasteiger partial charge in [-0.05, 0) is 68.2 Å². The van der Waals surface area contributed by atoms with Gasteiger partial charge in [0.25, 0.3) is 5.91 Å². The van der Waals surface area contributed by atoms with Crippen molar-refractivity contribution < 1.29 is 19.8 Å². The molecule has 1 rings (SSSR count). The van der Waals surface area contributed by atoms with Crippen LogP contribution in [-0.4, -0.2) is 60.8 Å². The minimum Gasteiger partial charge on any atom is -0.393 e. The van der Waals surface area contributed by atoms with Crippen molar-refractivity contribution in [3.8, 4) is 0 Å². The number of aliphatic hydroxyl groups is 2. The molecular weight excluding hydrogens is 296 g/mol. The van der Waals surface area contributed by atoms with Gasteiger partial charge in [-0.1, -0.05) is 0 Å². The maximum atomic E-state index is 13.0. The maximum absolute atomic E-state index is 13.0. The molecule has 0 aromatic carbocycles. The largest absolute Gasteiger partial charge is 0.393 e. The van der Waals surface area contributed by atoms with E-state index in [-0.39, 0.29) is 24.4 Å². The van der Waals surface area contributed by atoms with Crippen molar-refractivity contribution >= 4 is 11.9 Å². The summed E-state index contributed by atoms with van der Waals surface area (Å²) < 4.78 is 0. The number of urea groups is 1. The van der Waals surface area contributed by atoms with E-state index in [0.29, 0.717) is 6.42 Å². The first-order chi connectivity index (χ1) is 10.1. The molecule has 1 saturated heterocycles. The topological polar surface area (TPSA) is 81.1 Å². The van der Waals surface area contributed by atoms with Gasteiger partial charge < -0.3 is 15.1 Å². The van der Waals surface area contributed by atoms with Crippen LogP contribution >= 0.6 is 0 Å². The molecule has 6 nitrogen and oxygen atoms in total. The Kier molecular flexibility index (Phi) is 5.24. The summed E-state index contributed by atoms with van der Waals surface area (Å²) in [5.74, 6) is -0.269. The van der Waals surface area contributed by atoms with Crippen LogP contribution in [0.2, 0.25) is 0 Å². The molecule has 2 N–H and O–H groups in total. The summed E-state index contributed by atoms with van der Waals surface area (Å²) in [6.07, 6.45) is 0.135. The van der Waals surface area contributed by atoms with Gasteiger partial charge >= 0.3 is 6.03 Å². The van der Waals surface area contributed by atoms with Crippen molar-refractivity contribution in [1.29, 1.82) is 0 Å². The van der Waals surface area contributed by atoms with E-state index in [9.17, 15) is 19.8 Å². The van der Waals surface area contributed by atoms with Gasteiger partial charge in [-0.15, -0.1) is 0 Å². The average Bonchev–Trinajstić information content (AvgIpc) is 2.40. The minimum atomic E-state index is -0.993. The van der Waals surface area contributed by atoms with Gasteiger partial charge in [-0.3, -0.25) is 9.69 Å². The SMILES string of the molecule is CC(O)CC(C)N1C(=O)N(C(C)(C)CC(C)(C)O)C(=O)C1(C)C. The second kappa shape index (κ2) is 6.06. The zero-order valence-electron chi connectivity index (χ0n) is 15.7. The van der Waals surface area contributed by atoms with Crippen molar-refractivity contribution in [3.63, 3.8) is 0 Å². The third-order valence-corrected chi connectivity index (χ3v) is 4.32. The fraction of sp³-hybridized carbons (Fsp3) is 0.882. The van der Waals surface area contributed by atoms with Crippen LogP contribution in [0.3, 0.4) is 0 Å². The van der Waals surface area contributed by atoms with Gasteiger partial charge in [0, 0.05) is 11.6 Å². The maximum Gasteiger partial charge on any atom is 0.328 e. The summed E-state index contributed by atoms with van der Waals surface area (Å²) in [5, 5.41) is 19.7. The first kappa shape index (κ1) is 19.9. The van der Waals surface area contributed by atoms with E-state index >= 15 is 0 Å². The summed E-state index contributed by atoms with van der Waals surface area (Å²) in [7, 11) is 0. The molecule has 134 valence electrons. The van der Waals surface area contributed by atoms with Gasteiger partial charge in [-0.2, -0.15) is 0 Å². The first-order valence-electron chi connectivity index (χ1n) is 8.19. The number of amides is 3. The van der Waals surface area contributed by atoms with Gasteiger partial charge in [0.2, 0.25) is 0 Å². The highest BCUT2D eigenvalue weighted by Crippen LogP contribution is 2.38. The van der Waals surface area contributed by atoms with E-state index < -0.39 is 22.8 Å². The lowest BCUT2D eigenvalue weighted by Gasteiger charge is -2.38. The third kappa shape index (κ3) is 4.04.